The van der Waals surface area contributed by atoms with Gasteiger partial charge in [0.25, 0.3) is 0 Å². The van der Waals surface area contributed by atoms with Crippen molar-refractivity contribution in [2.75, 3.05) is 18.0 Å². The average molecular weight is 325 g/mol. The number of pyridine rings is 1. The van der Waals surface area contributed by atoms with Crippen LogP contribution in [0.4, 0.5) is 5.82 Å². The molecule has 0 bridgehead atoms. The first-order valence-electron chi connectivity index (χ1n) is 9.04. The van der Waals surface area contributed by atoms with Crippen LogP contribution in [0.25, 0.3) is 0 Å². The van der Waals surface area contributed by atoms with Crippen molar-refractivity contribution in [3.63, 3.8) is 0 Å². The van der Waals surface area contributed by atoms with E-state index >= 15 is 0 Å². The van der Waals surface area contributed by atoms with E-state index in [1.165, 1.54) is 24.1 Å². The molecule has 3 aliphatic rings. The van der Waals surface area contributed by atoms with Crippen molar-refractivity contribution < 1.29 is 5.11 Å². The highest BCUT2D eigenvalue weighted by Crippen LogP contribution is 2.42. The summed E-state index contributed by atoms with van der Waals surface area (Å²) in [4.78, 5) is 11.4. The first-order chi connectivity index (χ1) is 11.8. The van der Waals surface area contributed by atoms with Gasteiger partial charge in [0.2, 0.25) is 0 Å². The van der Waals surface area contributed by atoms with Crippen LogP contribution in [0.15, 0.2) is 24.8 Å². The van der Waals surface area contributed by atoms with Gasteiger partial charge >= 0.3 is 0 Å². The molecule has 0 radical (unpaired) electrons. The second kappa shape index (κ2) is 5.55. The minimum Gasteiger partial charge on any atom is -0.391 e. The molecule has 2 aliphatic carbocycles. The molecule has 3 heterocycles. The van der Waals surface area contributed by atoms with E-state index in [9.17, 15) is 5.11 Å². The number of aliphatic hydroxyl groups excluding tert-OH is 1. The van der Waals surface area contributed by atoms with Crippen LogP contribution in [0.2, 0.25) is 0 Å². The Morgan fingerprint density at radius 1 is 1.08 bits per heavy atom. The predicted octanol–water partition coefficient (Wildman–Crippen LogP) is 1.61. The molecule has 0 amide bonds. The molecule has 2 aromatic heterocycles. The Hall–Kier alpha value is -1.95. The van der Waals surface area contributed by atoms with Crippen molar-refractivity contribution >= 4 is 5.82 Å². The fourth-order valence-electron chi connectivity index (χ4n) is 4.85. The summed E-state index contributed by atoms with van der Waals surface area (Å²) in [5.41, 5.74) is 2.72. The molecule has 0 aromatic carbocycles. The van der Waals surface area contributed by atoms with Gasteiger partial charge in [0.05, 0.1) is 12.1 Å². The summed E-state index contributed by atoms with van der Waals surface area (Å²) in [6.07, 6.45) is 8.30. The lowest BCUT2D eigenvalue weighted by Crippen LogP contribution is -2.36. The van der Waals surface area contributed by atoms with E-state index in [0.717, 1.165) is 38.2 Å². The number of aromatic nitrogens is 4. The Bertz CT molecular complexity index is 731. The van der Waals surface area contributed by atoms with Crippen LogP contribution in [0.1, 0.15) is 36.6 Å². The summed E-state index contributed by atoms with van der Waals surface area (Å²) in [6.45, 7) is 2.05. The van der Waals surface area contributed by atoms with E-state index in [0.29, 0.717) is 11.8 Å². The lowest BCUT2D eigenvalue weighted by molar-refractivity contribution is 0.0305. The van der Waals surface area contributed by atoms with E-state index in [1.54, 1.807) is 12.7 Å². The molecule has 5 rings (SSSR count). The molecule has 0 spiro atoms. The monoisotopic (exact) mass is 325 g/mol. The maximum Gasteiger partial charge on any atom is 0.137 e. The van der Waals surface area contributed by atoms with Crippen LogP contribution in [0.3, 0.4) is 0 Å². The SMILES string of the molecule is O[C@@H]1C[C@H]2CN(c3ccc4c(n3)CCC4)C[C@H]2C[C@H]1n1cncn1. The highest BCUT2D eigenvalue weighted by Gasteiger charge is 2.43. The molecule has 2 aromatic rings. The number of aryl methyl sites for hydroxylation is 2. The summed E-state index contributed by atoms with van der Waals surface area (Å²) in [6, 6.07) is 4.51. The third-order valence-electron chi connectivity index (χ3n) is 6.12. The summed E-state index contributed by atoms with van der Waals surface area (Å²) < 4.78 is 1.83. The van der Waals surface area contributed by atoms with Crippen molar-refractivity contribution in [3.05, 3.63) is 36.0 Å². The van der Waals surface area contributed by atoms with Crippen LogP contribution >= 0.6 is 0 Å². The summed E-state index contributed by atoms with van der Waals surface area (Å²) in [7, 11) is 0. The van der Waals surface area contributed by atoms with E-state index in [2.05, 4.69) is 27.1 Å². The molecule has 1 saturated heterocycles. The number of hydrogen-bond donors (Lipinski definition) is 1. The van der Waals surface area contributed by atoms with Crippen LogP contribution in [0, 0.1) is 11.8 Å². The van der Waals surface area contributed by atoms with E-state index in [-0.39, 0.29) is 12.1 Å². The second-order valence-corrected chi connectivity index (χ2v) is 7.54. The maximum atomic E-state index is 10.5. The molecular formula is C18H23N5O. The molecule has 126 valence electrons. The number of hydrogen-bond acceptors (Lipinski definition) is 5. The zero-order valence-corrected chi connectivity index (χ0v) is 13.8. The van der Waals surface area contributed by atoms with Crippen LogP contribution in [-0.4, -0.2) is 44.0 Å². The first-order valence-corrected chi connectivity index (χ1v) is 9.04. The standard InChI is InChI=1S/C18H23N5O/c24-17-7-14-9-22(18-5-4-12-2-1-3-15(12)21-18)8-13(14)6-16(17)23-11-19-10-20-23/h4-5,10-11,13-14,16-17,24H,1-3,6-9H2/t13-,14+,16-,17-/m1/s1. The van der Waals surface area contributed by atoms with Gasteiger partial charge in [-0.2, -0.15) is 5.10 Å². The Kier molecular flexibility index (Phi) is 3.33. The lowest BCUT2D eigenvalue weighted by Gasteiger charge is -2.34. The van der Waals surface area contributed by atoms with Crippen LogP contribution in [-0.2, 0) is 12.8 Å². The molecule has 0 unspecified atom stereocenters. The Labute approximate surface area is 141 Å². The Morgan fingerprint density at radius 2 is 1.96 bits per heavy atom. The number of rotatable bonds is 2. The Morgan fingerprint density at radius 3 is 2.79 bits per heavy atom. The summed E-state index contributed by atoms with van der Waals surface area (Å²) >= 11 is 0. The molecule has 4 atom stereocenters. The van der Waals surface area contributed by atoms with Gasteiger partial charge in [-0.1, -0.05) is 6.07 Å². The molecule has 6 nitrogen and oxygen atoms in total. The maximum absolute atomic E-state index is 10.5. The van der Waals surface area contributed by atoms with Gasteiger partial charge < -0.3 is 10.0 Å². The minimum atomic E-state index is -0.333. The molecule has 1 saturated carbocycles. The molecule has 1 aliphatic heterocycles. The van der Waals surface area contributed by atoms with Gasteiger partial charge in [-0.3, -0.25) is 0 Å². The zero-order chi connectivity index (χ0) is 16.1. The van der Waals surface area contributed by atoms with Gasteiger partial charge in [-0.15, -0.1) is 0 Å². The molecule has 2 fully saturated rings. The van der Waals surface area contributed by atoms with Gasteiger partial charge in [-0.05, 0) is 55.6 Å². The van der Waals surface area contributed by atoms with Crippen molar-refractivity contribution in [1.29, 1.82) is 0 Å². The predicted molar refractivity (Wildman–Crippen MR) is 89.8 cm³/mol. The normalized spacial score (nSPS) is 32.0. The van der Waals surface area contributed by atoms with E-state index < -0.39 is 0 Å². The number of fused-ring (bicyclic) bond motifs is 2. The highest BCUT2D eigenvalue weighted by atomic mass is 16.3. The first kappa shape index (κ1) is 14.4. The quantitative estimate of drug-likeness (QED) is 0.909. The van der Waals surface area contributed by atoms with Crippen molar-refractivity contribution in [2.24, 2.45) is 11.8 Å². The van der Waals surface area contributed by atoms with Gasteiger partial charge in [0, 0.05) is 18.8 Å². The number of anilines is 1. The molecule has 24 heavy (non-hydrogen) atoms. The number of nitrogens with zero attached hydrogens (tertiary/aromatic N) is 5. The number of aliphatic hydroxyl groups is 1. The van der Waals surface area contributed by atoms with Gasteiger partial charge in [0.1, 0.15) is 18.5 Å². The van der Waals surface area contributed by atoms with Crippen molar-refractivity contribution in [2.45, 2.75) is 44.2 Å². The topological polar surface area (TPSA) is 67.1 Å². The van der Waals surface area contributed by atoms with Crippen molar-refractivity contribution in [1.82, 2.24) is 19.7 Å². The summed E-state index contributed by atoms with van der Waals surface area (Å²) in [5.74, 6) is 2.27. The van der Waals surface area contributed by atoms with E-state index in [1.807, 2.05) is 4.68 Å². The minimum absolute atomic E-state index is 0.0571. The highest BCUT2D eigenvalue weighted by molar-refractivity contribution is 5.44. The van der Waals surface area contributed by atoms with Crippen LogP contribution < -0.4 is 4.90 Å². The smallest absolute Gasteiger partial charge is 0.137 e. The van der Waals surface area contributed by atoms with Crippen LogP contribution in [0.5, 0.6) is 0 Å². The Balaban J connectivity index is 1.35. The average Bonchev–Trinajstić information content (AvgIpc) is 3.32. The molecule has 1 N–H and O–H groups in total. The fourth-order valence-corrected chi connectivity index (χ4v) is 4.85. The zero-order valence-electron chi connectivity index (χ0n) is 13.8. The third-order valence-corrected chi connectivity index (χ3v) is 6.12. The van der Waals surface area contributed by atoms with Gasteiger partial charge in [-0.25, -0.2) is 14.6 Å². The lowest BCUT2D eigenvalue weighted by atomic mass is 9.77. The van der Waals surface area contributed by atoms with Gasteiger partial charge in [0.15, 0.2) is 0 Å². The molecule has 6 heteroatoms. The molecular weight excluding hydrogens is 302 g/mol. The second-order valence-electron chi connectivity index (χ2n) is 7.54. The fraction of sp³-hybridized carbons (Fsp3) is 0.611. The summed E-state index contributed by atoms with van der Waals surface area (Å²) in [5, 5.41) is 14.8. The van der Waals surface area contributed by atoms with E-state index in [4.69, 9.17) is 4.98 Å². The largest absolute Gasteiger partial charge is 0.391 e. The third kappa shape index (κ3) is 2.32. The van der Waals surface area contributed by atoms with Crippen molar-refractivity contribution in [3.8, 4) is 0 Å².